The topological polar surface area (TPSA) is 46.7 Å². The Morgan fingerprint density at radius 2 is 1.75 bits per heavy atom. The Morgan fingerprint density at radius 3 is 2.50 bits per heavy atom. The van der Waals surface area contributed by atoms with E-state index < -0.39 is 0 Å². The Hall–Kier alpha value is -2.46. The van der Waals surface area contributed by atoms with Crippen LogP contribution in [0.3, 0.4) is 0 Å². The van der Waals surface area contributed by atoms with E-state index in [0.717, 1.165) is 33.8 Å². The fourth-order valence-corrected chi connectivity index (χ4v) is 3.48. The Balaban J connectivity index is 2.01. The number of benzene rings is 1. The SMILES string of the molecule is CC1=NCC2=C1c1ccc(=O)n(C)c1C(c1ccc(Cl)cc1)=NC2. The van der Waals surface area contributed by atoms with Gasteiger partial charge in [0.15, 0.2) is 0 Å². The minimum atomic E-state index is -0.0490. The van der Waals surface area contributed by atoms with Crippen LogP contribution in [0.4, 0.5) is 0 Å². The Labute approximate surface area is 144 Å². The molecule has 24 heavy (non-hydrogen) atoms. The molecule has 0 bridgehead atoms. The highest BCUT2D eigenvalue weighted by atomic mass is 35.5. The number of pyridine rings is 1. The molecule has 0 spiro atoms. The second kappa shape index (κ2) is 5.56. The molecular weight excluding hydrogens is 322 g/mol. The fourth-order valence-electron chi connectivity index (χ4n) is 3.35. The molecule has 1 aromatic carbocycles. The van der Waals surface area contributed by atoms with Gasteiger partial charge in [-0.3, -0.25) is 14.8 Å². The Morgan fingerprint density at radius 1 is 1.04 bits per heavy atom. The van der Waals surface area contributed by atoms with Crippen LogP contribution in [-0.2, 0) is 7.05 Å². The molecule has 0 aliphatic carbocycles. The second-order valence-electron chi connectivity index (χ2n) is 6.04. The third kappa shape index (κ3) is 2.26. The number of fused-ring (bicyclic) bond motifs is 2. The molecule has 0 fully saturated rings. The number of nitrogens with zero attached hydrogens (tertiary/aromatic N) is 3. The van der Waals surface area contributed by atoms with Crippen molar-refractivity contribution in [2.24, 2.45) is 17.0 Å². The summed E-state index contributed by atoms with van der Waals surface area (Å²) in [5, 5.41) is 0.679. The smallest absolute Gasteiger partial charge is 0.250 e. The summed E-state index contributed by atoms with van der Waals surface area (Å²) >= 11 is 6.02. The maximum atomic E-state index is 12.2. The molecule has 0 N–H and O–H groups in total. The quantitative estimate of drug-likeness (QED) is 0.788. The largest absolute Gasteiger partial charge is 0.309 e. The predicted octanol–water partition coefficient (Wildman–Crippen LogP) is 3.12. The lowest BCUT2D eigenvalue weighted by molar-refractivity contribution is 0.845. The average molecular weight is 338 g/mol. The lowest BCUT2D eigenvalue weighted by atomic mass is 9.94. The van der Waals surface area contributed by atoms with Gasteiger partial charge in [0.25, 0.3) is 5.56 Å². The van der Waals surface area contributed by atoms with E-state index in [9.17, 15) is 4.79 Å². The Kier molecular flexibility index (Phi) is 3.50. The fraction of sp³-hybridized carbons (Fsp3) is 0.211. The normalized spacial score (nSPS) is 16.3. The molecule has 2 aliphatic heterocycles. The molecule has 1 aromatic heterocycles. The monoisotopic (exact) mass is 337 g/mol. The molecule has 0 unspecified atom stereocenters. The van der Waals surface area contributed by atoms with Crippen molar-refractivity contribution in [3.8, 4) is 0 Å². The van der Waals surface area contributed by atoms with E-state index in [1.165, 1.54) is 5.57 Å². The first kappa shape index (κ1) is 15.1. The molecule has 0 saturated heterocycles. The maximum absolute atomic E-state index is 12.2. The van der Waals surface area contributed by atoms with E-state index in [0.29, 0.717) is 18.1 Å². The van der Waals surface area contributed by atoms with E-state index in [1.54, 1.807) is 17.7 Å². The standard InChI is InChI=1S/C19H16ClN3O/c1-11-17-13(9-21-11)10-22-18(12-3-5-14(20)6-4-12)19-15(17)7-8-16(24)23(19)2/h3-8H,9-10H2,1-2H3. The van der Waals surface area contributed by atoms with Gasteiger partial charge in [-0.25, -0.2) is 0 Å². The van der Waals surface area contributed by atoms with Crippen LogP contribution < -0.4 is 5.56 Å². The van der Waals surface area contributed by atoms with Gasteiger partial charge in [-0.2, -0.15) is 0 Å². The first-order chi connectivity index (χ1) is 11.6. The van der Waals surface area contributed by atoms with Crippen molar-refractivity contribution in [1.29, 1.82) is 0 Å². The Bertz CT molecular complexity index is 994. The van der Waals surface area contributed by atoms with E-state index in [1.807, 2.05) is 37.3 Å². The van der Waals surface area contributed by atoms with E-state index >= 15 is 0 Å². The van der Waals surface area contributed by atoms with Crippen LogP contribution in [0.15, 0.2) is 56.8 Å². The number of aliphatic imine (C=N–C) groups is 2. The molecule has 4 nitrogen and oxygen atoms in total. The molecule has 2 aromatic rings. The van der Waals surface area contributed by atoms with Gasteiger partial charge in [0, 0.05) is 40.5 Å². The summed E-state index contributed by atoms with van der Waals surface area (Å²) in [6.07, 6.45) is 0. The first-order valence-electron chi connectivity index (χ1n) is 7.81. The lowest BCUT2D eigenvalue weighted by Crippen LogP contribution is -2.25. The summed E-state index contributed by atoms with van der Waals surface area (Å²) in [7, 11) is 1.79. The number of allylic oxidation sites excluding steroid dienone is 1. The molecule has 0 saturated carbocycles. The summed E-state index contributed by atoms with van der Waals surface area (Å²) in [6, 6.07) is 11.1. The van der Waals surface area contributed by atoms with Crippen molar-refractivity contribution in [2.75, 3.05) is 13.1 Å². The zero-order chi connectivity index (χ0) is 16.8. The van der Waals surface area contributed by atoms with Gasteiger partial charge in [0.2, 0.25) is 0 Å². The number of hydrogen-bond donors (Lipinski definition) is 0. The van der Waals surface area contributed by atoms with Gasteiger partial charge < -0.3 is 4.57 Å². The van der Waals surface area contributed by atoms with Gasteiger partial charge in [-0.15, -0.1) is 0 Å². The molecule has 0 radical (unpaired) electrons. The number of halogens is 1. The summed E-state index contributed by atoms with van der Waals surface area (Å²) < 4.78 is 1.67. The highest BCUT2D eigenvalue weighted by molar-refractivity contribution is 6.31. The first-order valence-corrected chi connectivity index (χ1v) is 8.18. The zero-order valence-electron chi connectivity index (χ0n) is 13.5. The highest BCUT2D eigenvalue weighted by Crippen LogP contribution is 2.32. The van der Waals surface area contributed by atoms with Gasteiger partial charge in [-0.1, -0.05) is 23.7 Å². The third-order valence-corrected chi connectivity index (χ3v) is 4.83. The van der Waals surface area contributed by atoms with Crippen LogP contribution >= 0.6 is 11.6 Å². The van der Waals surface area contributed by atoms with Crippen molar-refractivity contribution in [3.05, 3.63) is 74.2 Å². The molecule has 5 heteroatoms. The van der Waals surface area contributed by atoms with Crippen LogP contribution in [0, 0.1) is 0 Å². The summed E-state index contributed by atoms with van der Waals surface area (Å²) in [5.74, 6) is 0. The van der Waals surface area contributed by atoms with E-state index in [4.69, 9.17) is 16.6 Å². The second-order valence-corrected chi connectivity index (χ2v) is 6.48. The van der Waals surface area contributed by atoms with Crippen LogP contribution in [0.1, 0.15) is 23.7 Å². The highest BCUT2D eigenvalue weighted by Gasteiger charge is 2.27. The molecule has 0 amide bonds. The van der Waals surface area contributed by atoms with Gasteiger partial charge in [0.05, 0.1) is 24.5 Å². The summed E-state index contributed by atoms with van der Waals surface area (Å²) in [5.41, 5.74) is 6.94. The van der Waals surface area contributed by atoms with Crippen LogP contribution in [-0.4, -0.2) is 29.1 Å². The maximum Gasteiger partial charge on any atom is 0.250 e. The predicted molar refractivity (Wildman–Crippen MR) is 98.5 cm³/mol. The van der Waals surface area contributed by atoms with E-state index in [-0.39, 0.29) is 5.56 Å². The molecule has 3 heterocycles. The van der Waals surface area contributed by atoms with Crippen LogP contribution in [0.25, 0.3) is 5.57 Å². The average Bonchev–Trinajstić information content (AvgIpc) is 2.85. The number of rotatable bonds is 1. The van der Waals surface area contributed by atoms with Crippen molar-refractivity contribution in [1.82, 2.24) is 4.57 Å². The molecule has 120 valence electrons. The van der Waals surface area contributed by atoms with Crippen LogP contribution in [0.5, 0.6) is 0 Å². The van der Waals surface area contributed by atoms with Gasteiger partial charge >= 0.3 is 0 Å². The molecule has 0 atom stereocenters. The van der Waals surface area contributed by atoms with Crippen LogP contribution in [0.2, 0.25) is 5.02 Å². The van der Waals surface area contributed by atoms with E-state index in [2.05, 4.69) is 4.99 Å². The van der Waals surface area contributed by atoms with Gasteiger partial charge in [0.1, 0.15) is 0 Å². The third-order valence-electron chi connectivity index (χ3n) is 4.58. The van der Waals surface area contributed by atoms with Crippen molar-refractivity contribution >= 4 is 28.6 Å². The number of hydrogen-bond acceptors (Lipinski definition) is 3. The van der Waals surface area contributed by atoms with Crippen molar-refractivity contribution in [2.45, 2.75) is 6.92 Å². The minimum Gasteiger partial charge on any atom is -0.309 e. The van der Waals surface area contributed by atoms with Gasteiger partial charge in [-0.05, 0) is 30.7 Å². The zero-order valence-corrected chi connectivity index (χ0v) is 14.3. The minimum absolute atomic E-state index is 0.0490. The van der Waals surface area contributed by atoms with Crippen molar-refractivity contribution in [3.63, 3.8) is 0 Å². The molecule has 4 rings (SSSR count). The lowest BCUT2D eigenvalue weighted by Gasteiger charge is -2.16. The van der Waals surface area contributed by atoms with Crippen molar-refractivity contribution < 1.29 is 0 Å². The number of aromatic nitrogens is 1. The molecular formula is C19H16ClN3O. The summed E-state index contributed by atoms with van der Waals surface area (Å²) in [4.78, 5) is 21.6. The molecule has 2 aliphatic rings. The summed E-state index contributed by atoms with van der Waals surface area (Å²) in [6.45, 7) is 3.29.